The van der Waals surface area contributed by atoms with Crippen LogP contribution in [0.15, 0.2) is 28.7 Å². The lowest BCUT2D eigenvalue weighted by atomic mass is 10.2. The second-order valence-electron chi connectivity index (χ2n) is 4.33. The first-order valence-corrected chi connectivity index (χ1v) is 6.96. The minimum Gasteiger partial charge on any atom is -0.496 e. The van der Waals surface area contributed by atoms with Gasteiger partial charge >= 0.3 is 0 Å². The summed E-state index contributed by atoms with van der Waals surface area (Å²) >= 11 is 3.38. The SMILES string of the molecule is COc1ccc(Br)cc1C=CC(=O)N1CCNC(=O)C1. The molecule has 106 valence electrons. The van der Waals surface area contributed by atoms with E-state index in [0.29, 0.717) is 18.8 Å². The van der Waals surface area contributed by atoms with Crippen molar-refractivity contribution in [3.8, 4) is 5.75 Å². The van der Waals surface area contributed by atoms with E-state index in [2.05, 4.69) is 21.2 Å². The molecule has 1 saturated heterocycles. The molecule has 6 heteroatoms. The molecule has 0 aromatic heterocycles. The van der Waals surface area contributed by atoms with E-state index < -0.39 is 0 Å². The predicted octanol–water partition coefficient (Wildman–Crippen LogP) is 1.43. The topological polar surface area (TPSA) is 58.6 Å². The molecule has 1 fully saturated rings. The van der Waals surface area contributed by atoms with Gasteiger partial charge in [0.15, 0.2) is 0 Å². The molecular formula is C14H15BrN2O3. The highest BCUT2D eigenvalue weighted by Gasteiger charge is 2.19. The molecule has 1 aromatic rings. The Morgan fingerprint density at radius 3 is 3.00 bits per heavy atom. The number of amides is 2. The zero-order chi connectivity index (χ0) is 14.5. The smallest absolute Gasteiger partial charge is 0.247 e. The first-order chi connectivity index (χ1) is 9.60. The minimum absolute atomic E-state index is 0.110. The fraction of sp³-hybridized carbons (Fsp3) is 0.286. The second kappa shape index (κ2) is 6.56. The average Bonchev–Trinajstić information content (AvgIpc) is 2.45. The van der Waals surface area contributed by atoms with E-state index in [-0.39, 0.29) is 18.4 Å². The maximum Gasteiger partial charge on any atom is 0.247 e. The van der Waals surface area contributed by atoms with Gasteiger partial charge in [0.1, 0.15) is 5.75 Å². The molecule has 20 heavy (non-hydrogen) atoms. The van der Waals surface area contributed by atoms with Gasteiger partial charge in [-0.15, -0.1) is 0 Å². The molecule has 1 aliphatic heterocycles. The number of hydrogen-bond donors (Lipinski definition) is 1. The van der Waals surface area contributed by atoms with Gasteiger partial charge in [-0.2, -0.15) is 0 Å². The van der Waals surface area contributed by atoms with Crippen LogP contribution >= 0.6 is 15.9 Å². The van der Waals surface area contributed by atoms with E-state index in [4.69, 9.17) is 4.74 Å². The van der Waals surface area contributed by atoms with Crippen LogP contribution in [0.3, 0.4) is 0 Å². The van der Waals surface area contributed by atoms with Gasteiger partial charge < -0.3 is 15.0 Å². The molecule has 0 atom stereocenters. The van der Waals surface area contributed by atoms with Gasteiger partial charge in [-0.3, -0.25) is 9.59 Å². The largest absolute Gasteiger partial charge is 0.496 e. The van der Waals surface area contributed by atoms with E-state index in [1.54, 1.807) is 13.2 Å². The number of rotatable bonds is 3. The summed E-state index contributed by atoms with van der Waals surface area (Å²) in [5, 5.41) is 2.68. The Labute approximate surface area is 125 Å². The molecule has 0 spiro atoms. The molecule has 0 saturated carbocycles. The molecule has 5 nitrogen and oxygen atoms in total. The minimum atomic E-state index is -0.179. The molecular weight excluding hydrogens is 324 g/mol. The zero-order valence-electron chi connectivity index (χ0n) is 11.1. The van der Waals surface area contributed by atoms with Gasteiger partial charge in [-0.25, -0.2) is 0 Å². The van der Waals surface area contributed by atoms with E-state index in [0.717, 1.165) is 10.0 Å². The van der Waals surface area contributed by atoms with E-state index >= 15 is 0 Å². The third-order valence-corrected chi connectivity index (χ3v) is 3.44. The number of carbonyl (C=O) groups is 2. The van der Waals surface area contributed by atoms with Crippen molar-refractivity contribution in [3.05, 3.63) is 34.3 Å². The summed E-state index contributed by atoms with van der Waals surface area (Å²) < 4.78 is 6.14. The van der Waals surface area contributed by atoms with Crippen LogP contribution in [0.2, 0.25) is 0 Å². The number of halogens is 1. The van der Waals surface area contributed by atoms with Crippen LogP contribution in [0.5, 0.6) is 5.75 Å². The Kier molecular flexibility index (Phi) is 4.79. The van der Waals surface area contributed by atoms with Crippen molar-refractivity contribution in [2.45, 2.75) is 0 Å². The van der Waals surface area contributed by atoms with E-state index in [9.17, 15) is 9.59 Å². The molecule has 2 amide bonds. The van der Waals surface area contributed by atoms with Gasteiger partial charge in [-0.05, 0) is 24.3 Å². The Hall–Kier alpha value is -1.82. The van der Waals surface area contributed by atoms with E-state index in [1.807, 2.05) is 18.2 Å². The highest BCUT2D eigenvalue weighted by Crippen LogP contribution is 2.24. The molecule has 0 radical (unpaired) electrons. The Bertz CT molecular complexity index is 557. The Morgan fingerprint density at radius 1 is 1.50 bits per heavy atom. The van der Waals surface area contributed by atoms with Crippen LogP contribution < -0.4 is 10.1 Å². The van der Waals surface area contributed by atoms with Crippen molar-refractivity contribution in [3.63, 3.8) is 0 Å². The third-order valence-electron chi connectivity index (χ3n) is 2.95. The van der Waals surface area contributed by atoms with Crippen molar-refractivity contribution >= 4 is 33.8 Å². The fourth-order valence-corrected chi connectivity index (χ4v) is 2.31. The molecule has 0 bridgehead atoms. The van der Waals surface area contributed by atoms with Crippen LogP contribution in [0.1, 0.15) is 5.56 Å². The number of ether oxygens (including phenoxy) is 1. The monoisotopic (exact) mass is 338 g/mol. The number of benzene rings is 1. The molecule has 1 heterocycles. The number of nitrogens with one attached hydrogen (secondary N) is 1. The van der Waals surface area contributed by atoms with Crippen molar-refractivity contribution in [2.75, 3.05) is 26.7 Å². The lowest BCUT2D eigenvalue weighted by Crippen LogP contribution is -2.49. The summed E-state index contributed by atoms with van der Waals surface area (Å²) in [6, 6.07) is 5.56. The van der Waals surface area contributed by atoms with Crippen molar-refractivity contribution in [2.24, 2.45) is 0 Å². The van der Waals surface area contributed by atoms with Crippen LogP contribution in [0.4, 0.5) is 0 Å². The molecule has 1 aliphatic rings. The number of piperazine rings is 1. The Balaban J connectivity index is 2.10. The first kappa shape index (κ1) is 14.6. The van der Waals surface area contributed by atoms with Gasteiger partial charge in [0.25, 0.3) is 0 Å². The summed E-state index contributed by atoms with van der Waals surface area (Å²) in [5.74, 6) is 0.383. The van der Waals surface area contributed by atoms with Gasteiger partial charge in [0.2, 0.25) is 11.8 Å². The number of hydrogen-bond acceptors (Lipinski definition) is 3. The highest BCUT2D eigenvalue weighted by molar-refractivity contribution is 9.10. The molecule has 1 N–H and O–H groups in total. The second-order valence-corrected chi connectivity index (χ2v) is 5.25. The molecule has 0 aliphatic carbocycles. The van der Waals surface area contributed by atoms with Crippen LogP contribution in [0, 0.1) is 0 Å². The van der Waals surface area contributed by atoms with Crippen molar-refractivity contribution in [1.29, 1.82) is 0 Å². The summed E-state index contributed by atoms with van der Waals surface area (Å²) in [7, 11) is 1.58. The van der Waals surface area contributed by atoms with Gasteiger partial charge in [0.05, 0.1) is 13.7 Å². The summed E-state index contributed by atoms with van der Waals surface area (Å²) in [6.07, 6.45) is 3.15. The summed E-state index contributed by atoms with van der Waals surface area (Å²) in [6.45, 7) is 1.14. The van der Waals surface area contributed by atoms with Crippen LogP contribution in [-0.4, -0.2) is 43.5 Å². The maximum absolute atomic E-state index is 12.0. The standard InChI is InChI=1S/C14H15BrN2O3/c1-20-12-4-3-11(15)8-10(12)2-5-14(19)17-7-6-16-13(18)9-17/h2-5,8H,6-7,9H2,1H3,(H,16,18). The van der Waals surface area contributed by atoms with Gasteiger partial charge in [-0.1, -0.05) is 15.9 Å². The lowest BCUT2D eigenvalue weighted by molar-refractivity contribution is -0.134. The molecule has 2 rings (SSSR count). The Morgan fingerprint density at radius 2 is 2.30 bits per heavy atom. The van der Waals surface area contributed by atoms with E-state index in [1.165, 1.54) is 11.0 Å². The first-order valence-electron chi connectivity index (χ1n) is 6.17. The predicted molar refractivity (Wildman–Crippen MR) is 79.3 cm³/mol. The molecule has 0 unspecified atom stereocenters. The average molecular weight is 339 g/mol. The normalized spacial score (nSPS) is 15.3. The molecule has 1 aromatic carbocycles. The lowest BCUT2D eigenvalue weighted by Gasteiger charge is -2.25. The number of carbonyl (C=O) groups excluding carboxylic acids is 2. The fourth-order valence-electron chi connectivity index (χ4n) is 1.93. The number of methoxy groups -OCH3 is 1. The van der Waals surface area contributed by atoms with Crippen LogP contribution in [0.25, 0.3) is 6.08 Å². The van der Waals surface area contributed by atoms with Crippen molar-refractivity contribution < 1.29 is 14.3 Å². The zero-order valence-corrected chi connectivity index (χ0v) is 12.6. The summed E-state index contributed by atoms with van der Waals surface area (Å²) in [5.41, 5.74) is 0.802. The highest BCUT2D eigenvalue weighted by atomic mass is 79.9. The van der Waals surface area contributed by atoms with Gasteiger partial charge in [0, 0.05) is 29.2 Å². The quantitative estimate of drug-likeness (QED) is 0.848. The van der Waals surface area contributed by atoms with Crippen LogP contribution in [-0.2, 0) is 9.59 Å². The van der Waals surface area contributed by atoms with Crippen molar-refractivity contribution in [1.82, 2.24) is 10.2 Å². The number of nitrogens with zero attached hydrogens (tertiary/aromatic N) is 1. The summed E-state index contributed by atoms with van der Waals surface area (Å²) in [4.78, 5) is 24.8. The maximum atomic E-state index is 12.0. The third kappa shape index (κ3) is 3.60.